The van der Waals surface area contributed by atoms with Crippen molar-refractivity contribution in [2.45, 2.75) is 14.7 Å². The van der Waals surface area contributed by atoms with E-state index >= 15 is 0 Å². The van der Waals surface area contributed by atoms with Gasteiger partial charge in [-0.05, 0) is 12.1 Å². The van der Waals surface area contributed by atoms with E-state index in [-0.39, 0.29) is 21.3 Å². The summed E-state index contributed by atoms with van der Waals surface area (Å²) in [4.78, 5) is 0.649. The molecule has 7 heteroatoms. The molecular formula is C18H15O6S+. The maximum atomic E-state index is 10.3. The lowest BCUT2D eigenvalue weighted by Crippen LogP contribution is -2.06. The molecule has 0 saturated carbocycles. The van der Waals surface area contributed by atoms with Crippen LogP contribution in [0.15, 0.2) is 69.3 Å². The molecule has 0 spiro atoms. The Hall–Kier alpha value is -3.19. The number of benzene rings is 3. The molecule has 128 valence electrons. The molecule has 6 nitrogen and oxygen atoms in total. The van der Waals surface area contributed by atoms with Crippen molar-refractivity contribution < 1.29 is 30.6 Å². The lowest BCUT2D eigenvalue weighted by Gasteiger charge is -2.13. The molecule has 0 heterocycles. The Morgan fingerprint density at radius 1 is 0.520 bits per heavy atom. The largest absolute Gasteiger partial charge is 0.508 e. The molecule has 0 aliphatic rings. The highest BCUT2D eigenvalue weighted by atomic mass is 32.2. The highest BCUT2D eigenvalue weighted by molar-refractivity contribution is 7.97. The quantitative estimate of drug-likeness (QED) is 0.400. The minimum absolute atomic E-state index is 0.0280. The fraction of sp³-hybridized carbons (Fsp3) is 0. The maximum Gasteiger partial charge on any atom is 0.250 e. The van der Waals surface area contributed by atoms with Gasteiger partial charge in [0, 0.05) is 24.3 Å². The van der Waals surface area contributed by atoms with E-state index in [1.807, 2.05) is 0 Å². The van der Waals surface area contributed by atoms with Crippen LogP contribution in [-0.4, -0.2) is 30.6 Å². The van der Waals surface area contributed by atoms with Crippen LogP contribution >= 0.6 is 0 Å². The fourth-order valence-electron chi connectivity index (χ4n) is 2.48. The Balaban J connectivity index is 2.34. The first kappa shape index (κ1) is 16.7. The van der Waals surface area contributed by atoms with Crippen LogP contribution in [0.4, 0.5) is 0 Å². The molecule has 0 aliphatic heterocycles. The second kappa shape index (κ2) is 6.37. The molecule has 0 bridgehead atoms. The summed E-state index contributed by atoms with van der Waals surface area (Å²) < 4.78 is 0. The third-order valence-corrected chi connectivity index (χ3v) is 5.85. The first-order valence-electron chi connectivity index (χ1n) is 7.17. The highest BCUT2D eigenvalue weighted by Crippen LogP contribution is 2.49. The van der Waals surface area contributed by atoms with Crippen LogP contribution < -0.4 is 0 Å². The minimum atomic E-state index is -1.30. The predicted octanol–water partition coefficient (Wildman–Crippen LogP) is 3.02. The molecular weight excluding hydrogens is 344 g/mol. The second-order valence-electron chi connectivity index (χ2n) is 5.25. The summed E-state index contributed by atoms with van der Waals surface area (Å²) in [5.41, 5.74) is 0. The number of phenolic OH excluding ortho intramolecular Hbond substituents is 6. The Labute approximate surface area is 145 Å². The highest BCUT2D eigenvalue weighted by Gasteiger charge is 2.40. The van der Waals surface area contributed by atoms with Gasteiger partial charge in [0.25, 0.3) is 0 Å². The average Bonchev–Trinajstić information content (AvgIpc) is 2.52. The standard InChI is InChI=1S/C18H14O6S/c19-10-6-13(21)17(14(22)7-10)25(12-4-2-1-3-5-12)18-15(23)8-11(20)9-16(18)24/h1-9H,(H5-,19,20,21,22,23,24)/p+1. The van der Waals surface area contributed by atoms with Crippen molar-refractivity contribution in [1.82, 2.24) is 0 Å². The summed E-state index contributed by atoms with van der Waals surface area (Å²) >= 11 is 0. The summed E-state index contributed by atoms with van der Waals surface area (Å²) in [6, 6.07) is 12.9. The maximum absolute atomic E-state index is 10.3. The van der Waals surface area contributed by atoms with Crippen molar-refractivity contribution in [2.75, 3.05) is 0 Å². The zero-order valence-corrected chi connectivity index (χ0v) is 13.6. The average molecular weight is 359 g/mol. The zero-order valence-electron chi connectivity index (χ0n) is 12.8. The van der Waals surface area contributed by atoms with Gasteiger partial charge in [0.1, 0.15) is 22.4 Å². The second-order valence-corrected chi connectivity index (χ2v) is 7.15. The van der Waals surface area contributed by atoms with E-state index in [2.05, 4.69) is 0 Å². The van der Waals surface area contributed by atoms with Gasteiger partial charge >= 0.3 is 0 Å². The van der Waals surface area contributed by atoms with E-state index in [0.717, 1.165) is 24.3 Å². The Morgan fingerprint density at radius 2 is 0.880 bits per heavy atom. The lowest BCUT2D eigenvalue weighted by atomic mass is 10.3. The van der Waals surface area contributed by atoms with Crippen LogP contribution in [0, 0.1) is 0 Å². The Bertz CT molecular complexity index is 823. The molecule has 0 aromatic heterocycles. The molecule has 0 aliphatic carbocycles. The normalized spacial score (nSPS) is 10.9. The fourth-order valence-corrected chi connectivity index (χ4v) is 4.66. The summed E-state index contributed by atoms with van der Waals surface area (Å²) in [5.74, 6) is -2.22. The molecule has 3 rings (SSSR count). The molecule has 0 amide bonds. The van der Waals surface area contributed by atoms with E-state index in [1.165, 1.54) is 0 Å². The summed E-state index contributed by atoms with van der Waals surface area (Å²) in [5, 5.41) is 60.2. The molecule has 0 atom stereocenters. The topological polar surface area (TPSA) is 121 Å². The van der Waals surface area contributed by atoms with Crippen LogP contribution in [0.3, 0.4) is 0 Å². The van der Waals surface area contributed by atoms with Gasteiger partial charge in [0.15, 0.2) is 27.9 Å². The van der Waals surface area contributed by atoms with Crippen molar-refractivity contribution >= 4 is 10.9 Å². The van der Waals surface area contributed by atoms with Gasteiger partial charge in [-0.15, -0.1) is 0 Å². The lowest BCUT2D eigenvalue weighted by molar-refractivity contribution is 0.407. The number of hydrogen-bond acceptors (Lipinski definition) is 6. The third-order valence-electron chi connectivity index (χ3n) is 3.46. The van der Waals surface area contributed by atoms with Crippen molar-refractivity contribution in [1.29, 1.82) is 0 Å². The van der Waals surface area contributed by atoms with Gasteiger partial charge in [0.2, 0.25) is 9.79 Å². The van der Waals surface area contributed by atoms with Gasteiger partial charge in [0.05, 0.1) is 0 Å². The van der Waals surface area contributed by atoms with Crippen molar-refractivity contribution in [3.05, 3.63) is 54.6 Å². The number of rotatable bonds is 3. The number of phenols is 6. The molecule has 6 N–H and O–H groups in total. The van der Waals surface area contributed by atoms with E-state index in [9.17, 15) is 30.6 Å². The SMILES string of the molecule is Oc1cc(O)c([S+](c2ccccc2)c2c(O)cc(O)cc2O)c(O)c1. The van der Waals surface area contributed by atoms with Crippen molar-refractivity contribution in [2.24, 2.45) is 0 Å². The van der Waals surface area contributed by atoms with Crippen LogP contribution in [0.1, 0.15) is 0 Å². The molecule has 3 aromatic rings. The van der Waals surface area contributed by atoms with E-state index in [4.69, 9.17) is 0 Å². The van der Waals surface area contributed by atoms with Crippen LogP contribution in [-0.2, 0) is 10.9 Å². The molecule has 0 radical (unpaired) electrons. The summed E-state index contributed by atoms with van der Waals surface area (Å²) in [6.07, 6.45) is 0. The summed E-state index contributed by atoms with van der Waals surface area (Å²) in [6.45, 7) is 0. The summed E-state index contributed by atoms with van der Waals surface area (Å²) in [7, 11) is -1.30. The van der Waals surface area contributed by atoms with Crippen LogP contribution in [0.5, 0.6) is 34.5 Å². The predicted molar refractivity (Wildman–Crippen MR) is 91.5 cm³/mol. The van der Waals surface area contributed by atoms with E-state index < -0.39 is 33.9 Å². The van der Waals surface area contributed by atoms with Gasteiger partial charge in [-0.25, -0.2) is 0 Å². The van der Waals surface area contributed by atoms with Crippen LogP contribution in [0.2, 0.25) is 0 Å². The number of hydrogen-bond donors (Lipinski definition) is 6. The van der Waals surface area contributed by atoms with E-state index in [1.54, 1.807) is 30.3 Å². The van der Waals surface area contributed by atoms with Gasteiger partial charge < -0.3 is 30.6 Å². The number of aromatic hydroxyl groups is 6. The van der Waals surface area contributed by atoms with Gasteiger partial charge in [-0.2, -0.15) is 0 Å². The molecule has 0 saturated heterocycles. The van der Waals surface area contributed by atoms with Gasteiger partial charge in [-0.3, -0.25) is 0 Å². The third kappa shape index (κ3) is 3.09. The van der Waals surface area contributed by atoms with E-state index in [0.29, 0.717) is 4.90 Å². The van der Waals surface area contributed by atoms with Crippen LogP contribution in [0.25, 0.3) is 0 Å². The molecule has 0 unspecified atom stereocenters. The molecule has 25 heavy (non-hydrogen) atoms. The van der Waals surface area contributed by atoms with Crippen molar-refractivity contribution in [3.63, 3.8) is 0 Å². The minimum Gasteiger partial charge on any atom is -0.508 e. The van der Waals surface area contributed by atoms with Crippen molar-refractivity contribution in [3.8, 4) is 34.5 Å². The first-order chi connectivity index (χ1) is 11.9. The van der Waals surface area contributed by atoms with Gasteiger partial charge in [-0.1, -0.05) is 18.2 Å². The monoisotopic (exact) mass is 359 g/mol. The zero-order chi connectivity index (χ0) is 18.1. The molecule has 3 aromatic carbocycles. The Morgan fingerprint density at radius 3 is 1.24 bits per heavy atom. The Kier molecular flexibility index (Phi) is 4.24. The smallest absolute Gasteiger partial charge is 0.250 e. The molecule has 0 fully saturated rings. The first-order valence-corrected chi connectivity index (χ1v) is 8.40.